The van der Waals surface area contributed by atoms with E-state index in [1.165, 1.54) is 13.2 Å². The lowest BCUT2D eigenvalue weighted by Crippen LogP contribution is -2.08. The molecule has 0 saturated carbocycles. The van der Waals surface area contributed by atoms with Gasteiger partial charge in [0, 0.05) is 35.2 Å². The van der Waals surface area contributed by atoms with Crippen LogP contribution in [0, 0.1) is 0 Å². The molecule has 0 radical (unpaired) electrons. The summed E-state index contributed by atoms with van der Waals surface area (Å²) in [5, 5.41) is 1.27. The summed E-state index contributed by atoms with van der Waals surface area (Å²) in [6, 6.07) is 11.2. The van der Waals surface area contributed by atoms with E-state index in [-0.39, 0.29) is 6.61 Å². The Bertz CT molecular complexity index is 1300. The molecule has 35 heavy (non-hydrogen) atoms. The fourth-order valence-electron chi connectivity index (χ4n) is 3.22. The van der Waals surface area contributed by atoms with Gasteiger partial charge in [-0.2, -0.15) is 13.2 Å². The lowest BCUT2D eigenvalue weighted by atomic mass is 10.1. The summed E-state index contributed by atoms with van der Waals surface area (Å²) in [7, 11) is 1.51. The minimum Gasteiger partial charge on any atom is -0.496 e. The van der Waals surface area contributed by atoms with Crippen molar-refractivity contribution < 1.29 is 22.6 Å². The van der Waals surface area contributed by atoms with E-state index < -0.39 is 11.9 Å². The molecular weight excluding hydrogens is 501 g/mol. The molecule has 1 aromatic carbocycles. The highest BCUT2D eigenvalue weighted by molar-refractivity contribution is 7.99. The predicted molar refractivity (Wildman–Crippen MR) is 129 cm³/mol. The number of benzene rings is 1. The van der Waals surface area contributed by atoms with E-state index in [2.05, 4.69) is 26.9 Å². The number of hydrogen-bond donors (Lipinski definition) is 1. The first-order valence-corrected chi connectivity index (χ1v) is 11.8. The van der Waals surface area contributed by atoms with Crippen molar-refractivity contribution in [2.24, 2.45) is 0 Å². The summed E-state index contributed by atoms with van der Waals surface area (Å²) < 4.78 is 49.2. The molecular formula is C24H20ClF3N4O2S. The van der Waals surface area contributed by atoms with Crippen LogP contribution in [0.1, 0.15) is 18.2 Å². The zero-order valence-corrected chi connectivity index (χ0v) is 20.3. The lowest BCUT2D eigenvalue weighted by Gasteiger charge is -2.11. The van der Waals surface area contributed by atoms with Gasteiger partial charge in [0.15, 0.2) is 0 Å². The number of nitrogens with zero attached hydrogens (tertiary/aromatic N) is 3. The highest BCUT2D eigenvalue weighted by atomic mass is 35.5. The Labute approximate surface area is 208 Å². The van der Waals surface area contributed by atoms with Crippen molar-refractivity contribution in [2.45, 2.75) is 24.7 Å². The smallest absolute Gasteiger partial charge is 0.433 e. The second kappa shape index (κ2) is 10.6. The van der Waals surface area contributed by atoms with Crippen molar-refractivity contribution in [2.75, 3.05) is 12.9 Å². The Morgan fingerprint density at radius 1 is 1.06 bits per heavy atom. The Morgan fingerprint density at radius 2 is 1.89 bits per heavy atom. The number of ether oxygens (including phenoxy) is 2. The van der Waals surface area contributed by atoms with Gasteiger partial charge in [-0.15, -0.1) is 11.8 Å². The van der Waals surface area contributed by atoms with Gasteiger partial charge < -0.3 is 14.5 Å². The molecule has 0 unspecified atom stereocenters. The Morgan fingerprint density at radius 3 is 2.51 bits per heavy atom. The maximum absolute atomic E-state index is 12.7. The summed E-state index contributed by atoms with van der Waals surface area (Å²) in [4.78, 5) is 15.6. The average Bonchev–Trinajstić information content (AvgIpc) is 3.24. The van der Waals surface area contributed by atoms with Crippen LogP contribution in [-0.2, 0) is 12.8 Å². The molecule has 0 saturated heterocycles. The molecule has 11 heteroatoms. The minimum atomic E-state index is -4.48. The van der Waals surface area contributed by atoms with Crippen LogP contribution in [0.4, 0.5) is 13.2 Å². The number of rotatable bonds is 8. The van der Waals surface area contributed by atoms with Crippen LogP contribution in [0.15, 0.2) is 59.9 Å². The first-order chi connectivity index (χ1) is 16.8. The van der Waals surface area contributed by atoms with Crippen molar-refractivity contribution in [1.82, 2.24) is 19.9 Å². The molecule has 0 aliphatic rings. The topological polar surface area (TPSA) is 72.9 Å². The molecule has 3 aromatic heterocycles. The summed E-state index contributed by atoms with van der Waals surface area (Å²) in [6.07, 6.45) is -1.60. The van der Waals surface area contributed by atoms with Gasteiger partial charge in [0.2, 0.25) is 0 Å². The number of hydrogen-bond acceptors (Lipinski definition) is 6. The van der Waals surface area contributed by atoms with Crippen LogP contribution in [0.25, 0.3) is 22.6 Å². The Kier molecular flexibility index (Phi) is 7.51. The number of methoxy groups -OCH3 is 1. The van der Waals surface area contributed by atoms with Crippen molar-refractivity contribution in [3.05, 3.63) is 71.3 Å². The zero-order valence-electron chi connectivity index (χ0n) is 18.7. The number of aromatic amines is 1. The summed E-state index contributed by atoms with van der Waals surface area (Å²) in [5.41, 5.74) is 1.49. The molecule has 0 bridgehead atoms. The van der Waals surface area contributed by atoms with Gasteiger partial charge in [0.25, 0.3) is 0 Å². The average molecular weight is 521 g/mol. The van der Waals surface area contributed by atoms with E-state index in [9.17, 15) is 13.2 Å². The largest absolute Gasteiger partial charge is 0.496 e. The summed E-state index contributed by atoms with van der Waals surface area (Å²) in [6.45, 7) is 2.11. The van der Waals surface area contributed by atoms with Crippen LogP contribution in [0.5, 0.6) is 11.5 Å². The number of pyridine rings is 2. The van der Waals surface area contributed by atoms with Crippen molar-refractivity contribution in [3.63, 3.8) is 0 Å². The maximum atomic E-state index is 12.7. The third-order valence-electron chi connectivity index (χ3n) is 4.91. The molecule has 4 rings (SSSR count). The third kappa shape index (κ3) is 5.88. The Balaban J connectivity index is 1.51. The normalized spacial score (nSPS) is 11.5. The number of alkyl halides is 3. The molecule has 0 amide bonds. The number of aromatic nitrogens is 4. The van der Waals surface area contributed by atoms with Crippen LogP contribution >= 0.6 is 23.4 Å². The van der Waals surface area contributed by atoms with E-state index in [1.54, 1.807) is 36.2 Å². The molecule has 0 spiro atoms. The second-order valence-corrected chi connectivity index (χ2v) is 8.93. The standard InChI is InChI=1S/C24H20ClF3N4O2S/c1-3-35-20-9-5-15(12-30-20)23-31-21(22(25)32-23)17-7-6-16(10-18(17)33-2)34-13-14-4-8-19(29-11-14)24(26,27)28/h4-12H,3,13H2,1-2H3,(H,31,32). The van der Waals surface area contributed by atoms with Gasteiger partial charge in [0.05, 0.1) is 12.1 Å². The third-order valence-corrected chi connectivity index (χ3v) is 6.01. The Hall–Kier alpha value is -3.24. The van der Waals surface area contributed by atoms with Crippen molar-refractivity contribution in [1.29, 1.82) is 0 Å². The molecule has 4 aromatic rings. The molecule has 6 nitrogen and oxygen atoms in total. The first kappa shape index (κ1) is 24.9. The van der Waals surface area contributed by atoms with E-state index in [4.69, 9.17) is 21.1 Å². The number of thioether (sulfide) groups is 1. The molecule has 182 valence electrons. The molecule has 3 heterocycles. The molecule has 0 aliphatic carbocycles. The SMILES string of the molecule is CCSc1ccc(-c2nc(-c3ccc(OCc4ccc(C(F)(F)F)nc4)cc3OC)c(Cl)[nH]2)cn1. The van der Waals surface area contributed by atoms with Crippen LogP contribution in [0.3, 0.4) is 0 Å². The monoisotopic (exact) mass is 520 g/mol. The second-order valence-electron chi connectivity index (χ2n) is 7.27. The van der Waals surface area contributed by atoms with E-state index >= 15 is 0 Å². The van der Waals surface area contributed by atoms with Crippen LogP contribution < -0.4 is 9.47 Å². The minimum absolute atomic E-state index is 0.0419. The van der Waals surface area contributed by atoms with Crippen molar-refractivity contribution in [3.8, 4) is 34.1 Å². The van der Waals surface area contributed by atoms with E-state index in [1.807, 2.05) is 12.1 Å². The predicted octanol–water partition coefficient (Wildman–Crippen LogP) is 6.91. The number of halogens is 4. The maximum Gasteiger partial charge on any atom is 0.433 e. The molecule has 0 aliphatic heterocycles. The van der Waals surface area contributed by atoms with E-state index in [0.717, 1.165) is 28.6 Å². The first-order valence-electron chi connectivity index (χ1n) is 10.5. The number of imidazole rings is 1. The highest BCUT2D eigenvalue weighted by Gasteiger charge is 2.32. The summed E-state index contributed by atoms with van der Waals surface area (Å²) in [5.74, 6) is 2.44. The van der Waals surface area contributed by atoms with Gasteiger partial charge >= 0.3 is 6.18 Å². The summed E-state index contributed by atoms with van der Waals surface area (Å²) >= 11 is 8.10. The van der Waals surface area contributed by atoms with Crippen molar-refractivity contribution >= 4 is 23.4 Å². The molecule has 0 atom stereocenters. The van der Waals surface area contributed by atoms with Gasteiger partial charge in [-0.05, 0) is 36.1 Å². The van der Waals surface area contributed by atoms with Gasteiger partial charge in [0.1, 0.15) is 40.5 Å². The van der Waals surface area contributed by atoms with Crippen LogP contribution in [-0.4, -0.2) is 32.8 Å². The zero-order chi connectivity index (χ0) is 25.0. The van der Waals surface area contributed by atoms with Gasteiger partial charge in [-0.25, -0.2) is 9.97 Å². The lowest BCUT2D eigenvalue weighted by molar-refractivity contribution is -0.141. The number of H-pyrrole nitrogens is 1. The molecule has 1 N–H and O–H groups in total. The van der Waals surface area contributed by atoms with E-state index in [0.29, 0.717) is 39.3 Å². The van der Waals surface area contributed by atoms with Crippen LogP contribution in [0.2, 0.25) is 5.15 Å². The fourth-order valence-corrected chi connectivity index (χ4v) is 4.04. The quantitative estimate of drug-likeness (QED) is 0.255. The highest BCUT2D eigenvalue weighted by Crippen LogP contribution is 2.37. The fraction of sp³-hybridized carbons (Fsp3) is 0.208. The molecule has 0 fully saturated rings. The van der Waals surface area contributed by atoms with Gasteiger partial charge in [-0.1, -0.05) is 24.6 Å². The van der Waals surface area contributed by atoms with Gasteiger partial charge in [-0.3, -0.25) is 4.98 Å². The number of nitrogens with one attached hydrogen (secondary N) is 1.